The molecule has 0 aliphatic carbocycles. The minimum Gasteiger partial charge on any atom is -0.465 e. The highest BCUT2D eigenvalue weighted by molar-refractivity contribution is 5.98. The Morgan fingerprint density at radius 3 is 2.52 bits per heavy atom. The van der Waals surface area contributed by atoms with Gasteiger partial charge in [-0.15, -0.1) is 19.0 Å². The minimum atomic E-state index is -1.01. The molecule has 2 atom stereocenters. The fourth-order valence-electron chi connectivity index (χ4n) is 4.85. The molecule has 0 unspecified atom stereocenters. The van der Waals surface area contributed by atoms with E-state index in [0.717, 1.165) is 37.2 Å². The molecule has 2 aromatic rings. The molecule has 2 amide bonds. The Morgan fingerprint density at radius 1 is 1.15 bits per heavy atom. The zero-order chi connectivity index (χ0) is 22.7. The van der Waals surface area contributed by atoms with Gasteiger partial charge in [0.25, 0.3) is 0 Å². The second-order valence-corrected chi connectivity index (χ2v) is 8.80. The fraction of sp³-hybridized carbons (Fsp3) is 0.385. The molecule has 176 valence electrons. The first-order valence-corrected chi connectivity index (χ1v) is 11.2. The second kappa shape index (κ2) is 10.9. The maximum absolute atomic E-state index is 13.4. The molecule has 6 nitrogen and oxygen atoms in total. The van der Waals surface area contributed by atoms with Gasteiger partial charge in [-0.1, -0.05) is 42.5 Å². The normalized spacial score (nSPS) is 20.5. The second-order valence-electron chi connectivity index (χ2n) is 8.80. The minimum absolute atomic E-state index is 0. The molecule has 1 fully saturated rings. The lowest BCUT2D eigenvalue weighted by atomic mass is 9.97. The van der Waals surface area contributed by atoms with Crippen LogP contribution in [0.2, 0.25) is 0 Å². The molecule has 0 spiro atoms. The summed E-state index contributed by atoms with van der Waals surface area (Å²) in [7, 11) is 2.13. The predicted molar refractivity (Wildman–Crippen MR) is 133 cm³/mol. The SMILES string of the molecule is C=CC[C@H]1C(=O)N(c2ccc3c(c2)CCN(C)CC3)C[C@@H]1N(Cc1ccccc1)C(=O)O.Cl. The summed E-state index contributed by atoms with van der Waals surface area (Å²) in [5, 5.41) is 10.0. The van der Waals surface area contributed by atoms with Crippen molar-refractivity contribution in [3.8, 4) is 0 Å². The van der Waals surface area contributed by atoms with Gasteiger partial charge in [0, 0.05) is 31.9 Å². The highest BCUT2D eigenvalue weighted by Crippen LogP contribution is 2.33. The summed E-state index contributed by atoms with van der Waals surface area (Å²) in [6.45, 7) is 6.45. The van der Waals surface area contributed by atoms with E-state index in [1.54, 1.807) is 11.0 Å². The lowest BCUT2D eigenvalue weighted by molar-refractivity contribution is -0.121. The van der Waals surface area contributed by atoms with Crippen LogP contribution in [0.15, 0.2) is 61.2 Å². The first kappa shape index (κ1) is 24.8. The highest BCUT2D eigenvalue weighted by Gasteiger charge is 2.44. The van der Waals surface area contributed by atoms with E-state index in [2.05, 4.69) is 30.7 Å². The average molecular weight is 470 g/mol. The number of carbonyl (C=O) groups is 2. The Kier molecular flexibility index (Phi) is 8.16. The third kappa shape index (κ3) is 5.40. The number of likely N-dealkylation sites (N-methyl/N-ethyl adjacent to an activating group) is 1. The van der Waals surface area contributed by atoms with Gasteiger partial charge in [-0.25, -0.2) is 4.79 Å². The smallest absolute Gasteiger partial charge is 0.407 e. The predicted octanol–water partition coefficient (Wildman–Crippen LogP) is 4.23. The first-order chi connectivity index (χ1) is 15.5. The van der Waals surface area contributed by atoms with Crippen LogP contribution in [0.1, 0.15) is 23.1 Å². The van der Waals surface area contributed by atoms with Crippen LogP contribution in [-0.4, -0.2) is 59.6 Å². The fourth-order valence-corrected chi connectivity index (χ4v) is 4.85. The number of rotatable bonds is 6. The molecule has 0 radical (unpaired) electrons. The number of amides is 2. The summed E-state index contributed by atoms with van der Waals surface area (Å²) < 4.78 is 0. The topological polar surface area (TPSA) is 64.1 Å². The zero-order valence-corrected chi connectivity index (χ0v) is 19.8. The van der Waals surface area contributed by atoms with Crippen molar-refractivity contribution in [2.24, 2.45) is 5.92 Å². The average Bonchev–Trinajstić information content (AvgIpc) is 2.98. The van der Waals surface area contributed by atoms with Crippen molar-refractivity contribution in [2.45, 2.75) is 31.8 Å². The van der Waals surface area contributed by atoms with Gasteiger partial charge in [-0.3, -0.25) is 9.69 Å². The summed E-state index contributed by atoms with van der Waals surface area (Å²) in [5.74, 6) is -0.461. The molecule has 33 heavy (non-hydrogen) atoms. The molecule has 0 bridgehead atoms. The lowest BCUT2D eigenvalue weighted by Gasteiger charge is -2.29. The van der Waals surface area contributed by atoms with Crippen LogP contribution >= 0.6 is 12.4 Å². The highest BCUT2D eigenvalue weighted by atomic mass is 35.5. The van der Waals surface area contributed by atoms with E-state index in [4.69, 9.17) is 0 Å². The quantitative estimate of drug-likeness (QED) is 0.643. The number of benzene rings is 2. The van der Waals surface area contributed by atoms with Crippen LogP contribution in [0.3, 0.4) is 0 Å². The van der Waals surface area contributed by atoms with Crippen LogP contribution in [0, 0.1) is 5.92 Å². The maximum atomic E-state index is 13.4. The molecule has 2 heterocycles. The Hall–Kier alpha value is -2.83. The number of nitrogens with zero attached hydrogens (tertiary/aromatic N) is 3. The molecule has 1 saturated heterocycles. The summed E-state index contributed by atoms with van der Waals surface area (Å²) in [6.07, 6.45) is 3.12. The molecule has 2 aromatic carbocycles. The number of carbonyl (C=O) groups excluding carboxylic acids is 1. The van der Waals surface area contributed by atoms with Gasteiger partial charge in [0.15, 0.2) is 0 Å². The number of hydrogen-bond acceptors (Lipinski definition) is 3. The number of halogens is 1. The number of allylic oxidation sites excluding steroid dienone is 1. The van der Waals surface area contributed by atoms with Crippen LogP contribution in [0.25, 0.3) is 0 Å². The van der Waals surface area contributed by atoms with Crippen molar-refractivity contribution in [3.63, 3.8) is 0 Å². The Morgan fingerprint density at radius 2 is 1.85 bits per heavy atom. The number of fused-ring (bicyclic) bond motifs is 1. The van der Waals surface area contributed by atoms with Gasteiger partial charge in [0.2, 0.25) is 5.91 Å². The summed E-state index contributed by atoms with van der Waals surface area (Å²) in [5.41, 5.74) is 4.38. The third-order valence-corrected chi connectivity index (χ3v) is 6.71. The molecule has 0 saturated carbocycles. The van der Waals surface area contributed by atoms with Crippen LogP contribution in [0.5, 0.6) is 0 Å². The summed E-state index contributed by atoms with van der Waals surface area (Å²) >= 11 is 0. The van der Waals surface area contributed by atoms with Crippen molar-refractivity contribution in [1.29, 1.82) is 0 Å². The Labute approximate surface area is 201 Å². The molecule has 7 heteroatoms. The molecule has 0 aromatic heterocycles. The Balaban J connectivity index is 0.00000306. The van der Waals surface area contributed by atoms with E-state index < -0.39 is 18.1 Å². The van der Waals surface area contributed by atoms with Crippen molar-refractivity contribution in [3.05, 3.63) is 77.9 Å². The molecule has 4 rings (SSSR count). The van der Waals surface area contributed by atoms with Gasteiger partial charge < -0.3 is 14.9 Å². The number of hydrogen-bond donors (Lipinski definition) is 1. The van der Waals surface area contributed by atoms with Crippen molar-refractivity contribution in [2.75, 3.05) is 31.6 Å². The van der Waals surface area contributed by atoms with E-state index >= 15 is 0 Å². The molecular formula is C26H32ClN3O3. The van der Waals surface area contributed by atoms with E-state index in [-0.39, 0.29) is 24.9 Å². The Bertz CT molecular complexity index is 998. The van der Waals surface area contributed by atoms with Gasteiger partial charge in [0.1, 0.15) is 0 Å². The van der Waals surface area contributed by atoms with Crippen molar-refractivity contribution >= 4 is 30.1 Å². The van der Waals surface area contributed by atoms with Crippen molar-refractivity contribution < 1.29 is 14.7 Å². The van der Waals surface area contributed by atoms with Crippen LogP contribution in [0.4, 0.5) is 10.5 Å². The summed E-state index contributed by atoms with van der Waals surface area (Å²) in [4.78, 5) is 31.2. The monoisotopic (exact) mass is 469 g/mol. The molecule has 1 N–H and O–H groups in total. The molecule has 2 aliphatic heterocycles. The zero-order valence-electron chi connectivity index (χ0n) is 19.0. The van der Waals surface area contributed by atoms with E-state index in [0.29, 0.717) is 13.0 Å². The number of carboxylic acid groups (broad SMARTS) is 1. The van der Waals surface area contributed by atoms with E-state index in [9.17, 15) is 14.7 Å². The van der Waals surface area contributed by atoms with Crippen LogP contribution < -0.4 is 4.90 Å². The van der Waals surface area contributed by atoms with Gasteiger partial charge in [-0.2, -0.15) is 0 Å². The summed E-state index contributed by atoms with van der Waals surface area (Å²) in [6, 6.07) is 15.4. The van der Waals surface area contributed by atoms with Gasteiger partial charge in [0.05, 0.1) is 12.0 Å². The van der Waals surface area contributed by atoms with Gasteiger partial charge in [-0.05, 0) is 55.1 Å². The van der Waals surface area contributed by atoms with Crippen LogP contribution in [-0.2, 0) is 24.2 Å². The van der Waals surface area contributed by atoms with Gasteiger partial charge >= 0.3 is 6.09 Å². The molecular weight excluding hydrogens is 438 g/mol. The standard InChI is InChI=1S/C26H31N3O3.ClH/c1-3-7-23-24(29(26(31)32)17-19-8-5-4-6-9-19)18-28(25(23)30)22-11-10-20-12-14-27(2)15-13-21(20)16-22;/h3-6,8-11,16,23-24H,1,7,12-15,17-18H2,2H3,(H,31,32);1H/t23-,24+;/m1./s1. The largest absolute Gasteiger partial charge is 0.465 e. The lowest BCUT2D eigenvalue weighted by Crippen LogP contribution is -2.44. The van der Waals surface area contributed by atoms with E-state index in [1.807, 2.05) is 36.4 Å². The van der Waals surface area contributed by atoms with E-state index in [1.165, 1.54) is 16.0 Å². The third-order valence-electron chi connectivity index (χ3n) is 6.71. The first-order valence-electron chi connectivity index (χ1n) is 11.2. The van der Waals surface area contributed by atoms with Crippen molar-refractivity contribution in [1.82, 2.24) is 9.80 Å². The maximum Gasteiger partial charge on any atom is 0.407 e. The molecule has 2 aliphatic rings. The number of anilines is 1.